The lowest BCUT2D eigenvalue weighted by Gasteiger charge is -2.43. The highest BCUT2D eigenvalue weighted by atomic mass is 79.9. The van der Waals surface area contributed by atoms with Crippen molar-refractivity contribution < 1.29 is 4.74 Å². The van der Waals surface area contributed by atoms with Gasteiger partial charge in [-0.15, -0.1) is 0 Å². The summed E-state index contributed by atoms with van der Waals surface area (Å²) in [6.45, 7) is 6.10. The van der Waals surface area contributed by atoms with E-state index >= 15 is 0 Å². The molecule has 8 heteroatoms. The molecule has 158 valence electrons. The number of anilines is 3. The maximum atomic E-state index is 5.34. The van der Waals surface area contributed by atoms with Crippen LogP contribution >= 0.6 is 15.9 Å². The highest BCUT2D eigenvalue weighted by molar-refractivity contribution is 9.10. The number of hydrogen-bond donors (Lipinski definition) is 1. The Labute approximate surface area is 188 Å². The molecule has 0 unspecified atom stereocenters. The summed E-state index contributed by atoms with van der Waals surface area (Å²) >= 11 is 3.55. The Bertz CT molecular complexity index is 1230. The molecule has 0 saturated carbocycles. The summed E-state index contributed by atoms with van der Waals surface area (Å²) in [7, 11) is 0. The zero-order valence-electron chi connectivity index (χ0n) is 17.0. The van der Waals surface area contributed by atoms with E-state index in [0.29, 0.717) is 6.04 Å². The van der Waals surface area contributed by atoms with Crippen LogP contribution in [0.3, 0.4) is 0 Å². The molecule has 4 aromatic rings. The Hall–Kier alpha value is -2.68. The van der Waals surface area contributed by atoms with Crippen molar-refractivity contribution in [1.82, 2.24) is 19.3 Å². The summed E-state index contributed by atoms with van der Waals surface area (Å²) in [5.41, 5.74) is 5.02. The van der Waals surface area contributed by atoms with Gasteiger partial charge in [0, 0.05) is 54.4 Å². The van der Waals surface area contributed by atoms with Crippen LogP contribution in [0.25, 0.3) is 16.7 Å². The fourth-order valence-corrected chi connectivity index (χ4v) is 4.73. The lowest BCUT2D eigenvalue weighted by molar-refractivity contribution is -0.0660. The fraction of sp³-hybridized carbons (Fsp3) is 0.304. The molecule has 2 saturated heterocycles. The minimum absolute atomic E-state index is 0.629. The number of rotatable bonds is 4. The molecule has 31 heavy (non-hydrogen) atoms. The van der Waals surface area contributed by atoms with E-state index < -0.39 is 0 Å². The summed E-state index contributed by atoms with van der Waals surface area (Å²) < 4.78 is 8.43. The van der Waals surface area contributed by atoms with Crippen molar-refractivity contribution >= 4 is 49.8 Å². The van der Waals surface area contributed by atoms with E-state index in [0.717, 1.165) is 72.1 Å². The van der Waals surface area contributed by atoms with E-state index in [4.69, 9.17) is 9.72 Å². The number of fused-ring (bicyclic) bond motifs is 3. The number of nitrogens with zero attached hydrogens (tertiary/aromatic N) is 5. The molecule has 0 spiro atoms. The van der Waals surface area contributed by atoms with Crippen LogP contribution in [0.5, 0.6) is 0 Å². The third-order valence-electron chi connectivity index (χ3n) is 6.23. The van der Waals surface area contributed by atoms with Crippen molar-refractivity contribution in [3.05, 3.63) is 59.3 Å². The number of imidazole rings is 1. The topological polar surface area (TPSA) is 57.9 Å². The van der Waals surface area contributed by atoms with Crippen molar-refractivity contribution in [3.63, 3.8) is 0 Å². The first-order valence-corrected chi connectivity index (χ1v) is 11.4. The van der Waals surface area contributed by atoms with Crippen molar-refractivity contribution in [2.45, 2.75) is 6.04 Å². The lowest BCUT2D eigenvalue weighted by atomic mass is 10.1. The molecule has 0 atom stereocenters. The largest absolute Gasteiger partial charge is 0.378 e. The average molecular weight is 479 g/mol. The van der Waals surface area contributed by atoms with Crippen LogP contribution in [0.15, 0.2) is 59.3 Å². The molecule has 0 aliphatic carbocycles. The van der Waals surface area contributed by atoms with Crippen LogP contribution < -0.4 is 10.2 Å². The first-order valence-electron chi connectivity index (χ1n) is 10.6. The SMILES string of the molecule is Brc1ccc2nc(Nc3ccc(N4CCN(C5COC5)CC4)cc3)c3nccn3c2c1. The number of ether oxygens (including phenoxy) is 1. The number of halogens is 1. The van der Waals surface area contributed by atoms with E-state index in [1.165, 1.54) is 5.69 Å². The molecular weight excluding hydrogens is 456 g/mol. The molecule has 2 aliphatic heterocycles. The van der Waals surface area contributed by atoms with Crippen LogP contribution in [0.4, 0.5) is 17.2 Å². The van der Waals surface area contributed by atoms with Gasteiger partial charge in [-0.3, -0.25) is 9.30 Å². The van der Waals surface area contributed by atoms with Crippen LogP contribution in [-0.2, 0) is 4.74 Å². The van der Waals surface area contributed by atoms with E-state index in [9.17, 15) is 0 Å². The first-order chi connectivity index (χ1) is 15.2. The zero-order valence-corrected chi connectivity index (χ0v) is 18.6. The van der Waals surface area contributed by atoms with Gasteiger partial charge in [0.25, 0.3) is 0 Å². The molecule has 7 nitrogen and oxygen atoms in total. The summed E-state index contributed by atoms with van der Waals surface area (Å²) in [5, 5.41) is 3.46. The first kappa shape index (κ1) is 19.0. The maximum absolute atomic E-state index is 5.34. The van der Waals surface area contributed by atoms with E-state index in [2.05, 4.69) is 70.8 Å². The standard InChI is InChI=1S/C23H23BrN6O/c24-16-1-6-20-21(13-16)30-8-7-25-23(30)22(27-20)26-17-2-4-18(5-3-17)28-9-11-29(12-10-28)19-14-31-15-19/h1-8,13,19H,9-12,14-15H2,(H,26,27). The van der Waals surface area contributed by atoms with Gasteiger partial charge in [0.1, 0.15) is 0 Å². The van der Waals surface area contributed by atoms with Gasteiger partial charge in [-0.1, -0.05) is 15.9 Å². The summed E-state index contributed by atoms with van der Waals surface area (Å²) in [4.78, 5) is 14.3. The second-order valence-corrected chi connectivity index (χ2v) is 9.02. The van der Waals surface area contributed by atoms with Crippen LogP contribution in [0.1, 0.15) is 0 Å². The van der Waals surface area contributed by atoms with Crippen LogP contribution in [0, 0.1) is 0 Å². The molecule has 0 radical (unpaired) electrons. The van der Waals surface area contributed by atoms with Gasteiger partial charge in [0.2, 0.25) is 0 Å². The van der Waals surface area contributed by atoms with Crippen LogP contribution in [0.2, 0.25) is 0 Å². The van der Waals surface area contributed by atoms with Crippen molar-refractivity contribution in [3.8, 4) is 0 Å². The molecular formula is C23H23BrN6O. The quantitative estimate of drug-likeness (QED) is 0.479. The van der Waals surface area contributed by atoms with Gasteiger partial charge >= 0.3 is 0 Å². The highest BCUT2D eigenvalue weighted by Gasteiger charge is 2.28. The number of aromatic nitrogens is 3. The number of nitrogens with one attached hydrogen (secondary N) is 1. The molecule has 2 fully saturated rings. The van der Waals surface area contributed by atoms with Crippen molar-refractivity contribution in [2.75, 3.05) is 49.6 Å². The van der Waals surface area contributed by atoms with Gasteiger partial charge in [0.05, 0.1) is 30.3 Å². The number of hydrogen-bond acceptors (Lipinski definition) is 6. The Kier molecular flexibility index (Phi) is 4.78. The highest BCUT2D eigenvalue weighted by Crippen LogP contribution is 2.27. The lowest BCUT2D eigenvalue weighted by Crippen LogP contribution is -2.56. The number of piperazine rings is 1. The normalized spacial score (nSPS) is 17.9. The zero-order chi connectivity index (χ0) is 20.8. The third kappa shape index (κ3) is 3.54. The van der Waals surface area contributed by atoms with Gasteiger partial charge in [-0.2, -0.15) is 0 Å². The van der Waals surface area contributed by atoms with Crippen molar-refractivity contribution in [1.29, 1.82) is 0 Å². The van der Waals surface area contributed by atoms with Crippen LogP contribution in [-0.4, -0.2) is 64.7 Å². The van der Waals surface area contributed by atoms with Gasteiger partial charge in [-0.25, -0.2) is 9.97 Å². The van der Waals surface area contributed by atoms with Gasteiger partial charge in [0.15, 0.2) is 11.5 Å². The van der Waals surface area contributed by atoms with E-state index in [1.54, 1.807) is 6.20 Å². The maximum Gasteiger partial charge on any atom is 0.180 e. The average Bonchev–Trinajstić information content (AvgIpc) is 3.25. The molecule has 2 aromatic heterocycles. The van der Waals surface area contributed by atoms with Gasteiger partial charge < -0.3 is 15.0 Å². The third-order valence-corrected chi connectivity index (χ3v) is 6.72. The Morgan fingerprint density at radius 1 is 1.00 bits per heavy atom. The molecule has 0 amide bonds. The second-order valence-electron chi connectivity index (χ2n) is 8.10. The minimum Gasteiger partial charge on any atom is -0.378 e. The minimum atomic E-state index is 0.629. The predicted octanol–water partition coefficient (Wildman–Crippen LogP) is 3.91. The monoisotopic (exact) mass is 478 g/mol. The summed E-state index contributed by atoms with van der Waals surface area (Å²) in [6.07, 6.45) is 3.77. The summed E-state index contributed by atoms with van der Waals surface area (Å²) in [5.74, 6) is 0.754. The van der Waals surface area contributed by atoms with E-state index in [-0.39, 0.29) is 0 Å². The molecule has 1 N–H and O–H groups in total. The summed E-state index contributed by atoms with van der Waals surface area (Å²) in [6, 6.07) is 15.3. The fourth-order valence-electron chi connectivity index (χ4n) is 4.38. The number of benzene rings is 2. The van der Waals surface area contributed by atoms with Gasteiger partial charge in [-0.05, 0) is 42.5 Å². The molecule has 6 rings (SSSR count). The Morgan fingerprint density at radius 2 is 1.81 bits per heavy atom. The molecule has 0 bridgehead atoms. The second kappa shape index (κ2) is 7.78. The molecule has 4 heterocycles. The Morgan fingerprint density at radius 3 is 2.55 bits per heavy atom. The predicted molar refractivity (Wildman–Crippen MR) is 126 cm³/mol. The molecule has 2 aromatic carbocycles. The van der Waals surface area contributed by atoms with E-state index in [1.807, 2.05) is 18.3 Å². The molecule has 2 aliphatic rings. The Balaban J connectivity index is 1.21. The smallest absolute Gasteiger partial charge is 0.180 e. The van der Waals surface area contributed by atoms with Crippen molar-refractivity contribution in [2.24, 2.45) is 0 Å².